The van der Waals surface area contributed by atoms with E-state index < -0.39 is 0 Å². The second-order valence-electron chi connectivity index (χ2n) is 6.55. The Labute approximate surface area is 161 Å². The molecule has 0 unspecified atom stereocenters. The molecule has 1 aliphatic heterocycles. The Morgan fingerprint density at radius 1 is 1.07 bits per heavy atom. The zero-order valence-electron chi connectivity index (χ0n) is 16.4. The van der Waals surface area contributed by atoms with Crippen molar-refractivity contribution in [2.45, 2.75) is 13.8 Å². The topological polar surface area (TPSA) is 48.9 Å². The van der Waals surface area contributed by atoms with Gasteiger partial charge in [-0.2, -0.15) is 0 Å². The van der Waals surface area contributed by atoms with Gasteiger partial charge in [0, 0.05) is 56.7 Å². The van der Waals surface area contributed by atoms with Crippen LogP contribution in [0.25, 0.3) is 0 Å². The summed E-state index contributed by atoms with van der Waals surface area (Å²) in [6, 6.07) is 11.8. The molecule has 0 spiro atoms. The van der Waals surface area contributed by atoms with E-state index >= 15 is 0 Å². The highest BCUT2D eigenvalue weighted by atomic mass is 16.5. The number of amides is 1. The first-order valence-electron chi connectivity index (χ1n) is 9.55. The van der Waals surface area contributed by atoms with Gasteiger partial charge >= 0.3 is 0 Å². The monoisotopic (exact) mass is 368 g/mol. The molecule has 1 saturated heterocycles. The number of methoxy groups -OCH3 is 1. The van der Waals surface area contributed by atoms with Crippen LogP contribution in [0.1, 0.15) is 24.2 Å². The van der Waals surface area contributed by atoms with Crippen molar-refractivity contribution in [3.8, 4) is 5.75 Å². The van der Waals surface area contributed by atoms with Crippen molar-refractivity contribution in [1.82, 2.24) is 9.88 Å². The van der Waals surface area contributed by atoms with Gasteiger partial charge in [-0.05, 0) is 50.2 Å². The molecule has 0 atom stereocenters. The quantitative estimate of drug-likeness (QED) is 0.785. The zero-order chi connectivity index (χ0) is 19.2. The van der Waals surface area contributed by atoms with E-state index in [0.29, 0.717) is 18.7 Å². The van der Waals surface area contributed by atoms with E-state index in [1.165, 1.54) is 0 Å². The SMILES string of the molecule is CCN(CC)c1cc(C(=O)N2CCN(c3ccc(OC)cc3)CC2)ccn1. The maximum absolute atomic E-state index is 12.9. The molecule has 27 heavy (non-hydrogen) atoms. The lowest BCUT2D eigenvalue weighted by atomic mass is 10.2. The molecule has 1 amide bonds. The molecule has 6 heteroatoms. The summed E-state index contributed by atoms with van der Waals surface area (Å²) in [6.45, 7) is 9.03. The van der Waals surface area contributed by atoms with E-state index in [1.807, 2.05) is 29.2 Å². The minimum atomic E-state index is 0.0835. The minimum absolute atomic E-state index is 0.0835. The first-order chi connectivity index (χ1) is 13.2. The largest absolute Gasteiger partial charge is 0.497 e. The Morgan fingerprint density at radius 2 is 1.74 bits per heavy atom. The predicted octanol–water partition coefficient (Wildman–Crippen LogP) is 2.90. The van der Waals surface area contributed by atoms with Crippen molar-refractivity contribution >= 4 is 17.4 Å². The predicted molar refractivity (Wildman–Crippen MR) is 109 cm³/mol. The summed E-state index contributed by atoms with van der Waals surface area (Å²) in [4.78, 5) is 23.7. The number of nitrogens with zero attached hydrogens (tertiary/aromatic N) is 4. The number of benzene rings is 1. The highest BCUT2D eigenvalue weighted by molar-refractivity contribution is 5.95. The lowest BCUT2D eigenvalue weighted by Gasteiger charge is -2.36. The molecule has 1 aliphatic rings. The molecule has 0 N–H and O–H groups in total. The average molecular weight is 368 g/mol. The van der Waals surface area contributed by atoms with Crippen molar-refractivity contribution < 1.29 is 9.53 Å². The highest BCUT2D eigenvalue weighted by Gasteiger charge is 2.23. The highest BCUT2D eigenvalue weighted by Crippen LogP contribution is 2.21. The third kappa shape index (κ3) is 4.32. The molecule has 0 aliphatic carbocycles. The molecule has 144 valence electrons. The van der Waals surface area contributed by atoms with E-state index in [-0.39, 0.29) is 5.91 Å². The van der Waals surface area contributed by atoms with Gasteiger partial charge in [-0.1, -0.05) is 0 Å². The molecule has 2 heterocycles. The molecule has 2 aromatic rings. The maximum atomic E-state index is 12.9. The second kappa shape index (κ2) is 8.75. The normalized spacial score (nSPS) is 14.2. The maximum Gasteiger partial charge on any atom is 0.254 e. The number of pyridine rings is 1. The summed E-state index contributed by atoms with van der Waals surface area (Å²) in [5, 5.41) is 0. The summed E-state index contributed by atoms with van der Waals surface area (Å²) in [5.41, 5.74) is 1.88. The van der Waals surface area contributed by atoms with Gasteiger partial charge in [0.05, 0.1) is 7.11 Å². The Morgan fingerprint density at radius 3 is 2.33 bits per heavy atom. The summed E-state index contributed by atoms with van der Waals surface area (Å²) in [7, 11) is 1.67. The molecular weight excluding hydrogens is 340 g/mol. The molecule has 0 bridgehead atoms. The Kier molecular flexibility index (Phi) is 6.16. The summed E-state index contributed by atoms with van der Waals surface area (Å²) < 4.78 is 5.22. The van der Waals surface area contributed by atoms with Crippen LogP contribution in [-0.2, 0) is 0 Å². The van der Waals surface area contributed by atoms with Gasteiger partial charge in [0.1, 0.15) is 11.6 Å². The van der Waals surface area contributed by atoms with E-state index in [1.54, 1.807) is 13.3 Å². The average Bonchev–Trinajstić information content (AvgIpc) is 2.74. The number of ether oxygens (including phenoxy) is 1. The van der Waals surface area contributed by atoms with Gasteiger partial charge in [0.25, 0.3) is 5.91 Å². The first-order valence-corrected chi connectivity index (χ1v) is 9.55. The van der Waals surface area contributed by atoms with Gasteiger partial charge in [-0.15, -0.1) is 0 Å². The summed E-state index contributed by atoms with van der Waals surface area (Å²) >= 11 is 0. The molecule has 0 radical (unpaired) electrons. The van der Waals surface area contributed by atoms with E-state index in [0.717, 1.165) is 43.4 Å². The lowest BCUT2D eigenvalue weighted by Crippen LogP contribution is -2.48. The van der Waals surface area contributed by atoms with Crippen molar-refractivity contribution in [2.75, 3.05) is 56.2 Å². The molecule has 0 saturated carbocycles. The number of rotatable bonds is 6. The van der Waals surface area contributed by atoms with Crippen molar-refractivity contribution in [1.29, 1.82) is 0 Å². The van der Waals surface area contributed by atoms with Gasteiger partial charge in [0.2, 0.25) is 0 Å². The molecule has 3 rings (SSSR count). The van der Waals surface area contributed by atoms with Crippen LogP contribution in [0.3, 0.4) is 0 Å². The number of carbonyl (C=O) groups excluding carboxylic acids is 1. The van der Waals surface area contributed by atoms with Crippen LogP contribution in [0.5, 0.6) is 5.75 Å². The minimum Gasteiger partial charge on any atom is -0.497 e. The third-order valence-corrected chi connectivity index (χ3v) is 5.08. The first kappa shape index (κ1) is 19.0. The fourth-order valence-corrected chi connectivity index (χ4v) is 3.42. The van der Waals surface area contributed by atoms with Crippen molar-refractivity contribution in [2.24, 2.45) is 0 Å². The number of anilines is 2. The fourth-order valence-electron chi connectivity index (χ4n) is 3.42. The van der Waals surface area contributed by atoms with Crippen LogP contribution in [0, 0.1) is 0 Å². The lowest BCUT2D eigenvalue weighted by molar-refractivity contribution is 0.0746. The number of piperazine rings is 1. The van der Waals surface area contributed by atoms with Crippen LogP contribution < -0.4 is 14.5 Å². The fraction of sp³-hybridized carbons (Fsp3) is 0.429. The van der Waals surface area contributed by atoms with Crippen LogP contribution in [-0.4, -0.2) is 62.2 Å². The summed E-state index contributed by atoms with van der Waals surface area (Å²) in [6.07, 6.45) is 1.73. The standard InChI is InChI=1S/C21H28N4O2/c1-4-23(5-2)20-16-17(10-11-22-20)21(26)25-14-12-24(13-15-25)18-6-8-19(27-3)9-7-18/h6-11,16H,4-5,12-15H2,1-3H3. The zero-order valence-corrected chi connectivity index (χ0v) is 16.4. The van der Waals surface area contributed by atoms with Gasteiger partial charge < -0.3 is 19.4 Å². The van der Waals surface area contributed by atoms with Crippen molar-refractivity contribution in [3.05, 3.63) is 48.2 Å². The molecule has 1 aromatic carbocycles. The second-order valence-corrected chi connectivity index (χ2v) is 6.55. The Bertz CT molecular complexity index is 751. The number of hydrogen-bond donors (Lipinski definition) is 0. The van der Waals surface area contributed by atoms with Gasteiger partial charge in [0.15, 0.2) is 0 Å². The molecule has 1 fully saturated rings. The Balaban J connectivity index is 1.63. The number of hydrogen-bond acceptors (Lipinski definition) is 5. The smallest absolute Gasteiger partial charge is 0.254 e. The summed E-state index contributed by atoms with van der Waals surface area (Å²) in [5.74, 6) is 1.80. The van der Waals surface area contributed by atoms with Gasteiger partial charge in [-0.3, -0.25) is 4.79 Å². The third-order valence-electron chi connectivity index (χ3n) is 5.08. The van der Waals surface area contributed by atoms with E-state index in [2.05, 4.69) is 40.8 Å². The van der Waals surface area contributed by atoms with Crippen molar-refractivity contribution in [3.63, 3.8) is 0 Å². The Hall–Kier alpha value is -2.76. The molecular formula is C21H28N4O2. The number of carbonyl (C=O) groups is 1. The van der Waals surface area contributed by atoms with Crippen LogP contribution in [0.2, 0.25) is 0 Å². The van der Waals surface area contributed by atoms with E-state index in [4.69, 9.17) is 4.74 Å². The number of aromatic nitrogens is 1. The molecule has 1 aromatic heterocycles. The van der Waals surface area contributed by atoms with Crippen LogP contribution >= 0.6 is 0 Å². The van der Waals surface area contributed by atoms with Gasteiger partial charge in [-0.25, -0.2) is 4.98 Å². The van der Waals surface area contributed by atoms with Crippen LogP contribution in [0.4, 0.5) is 11.5 Å². The van der Waals surface area contributed by atoms with E-state index in [9.17, 15) is 4.79 Å². The molecule has 6 nitrogen and oxygen atoms in total. The van der Waals surface area contributed by atoms with Crippen LogP contribution in [0.15, 0.2) is 42.6 Å².